The summed E-state index contributed by atoms with van der Waals surface area (Å²) in [5, 5.41) is 14.6. The quantitative estimate of drug-likeness (QED) is 0.584. The van der Waals surface area contributed by atoms with Crippen LogP contribution in [0.15, 0.2) is 24.5 Å². The van der Waals surface area contributed by atoms with Crippen LogP contribution in [0.25, 0.3) is 0 Å². The van der Waals surface area contributed by atoms with Crippen molar-refractivity contribution in [2.24, 2.45) is 5.41 Å². The average molecular weight is 307 g/mol. The number of amides is 2. The van der Waals surface area contributed by atoms with E-state index in [2.05, 4.69) is 15.6 Å². The first-order chi connectivity index (χ1) is 10.4. The average Bonchev–Trinajstić information content (AvgIpc) is 2.50. The van der Waals surface area contributed by atoms with Crippen molar-refractivity contribution < 1.29 is 14.7 Å². The molecule has 1 heterocycles. The highest BCUT2D eigenvalue weighted by Crippen LogP contribution is 2.18. The Morgan fingerprint density at radius 3 is 2.50 bits per heavy atom. The molecule has 0 atom stereocenters. The SMILES string of the molecule is CC(C)(CO)CC(=O)NCCNC(=O)CCc1cccnc1. The Hall–Kier alpha value is -1.95. The number of carbonyl (C=O) groups excluding carboxylic acids is 2. The molecule has 0 aliphatic heterocycles. The fraction of sp³-hybridized carbons (Fsp3) is 0.562. The number of hydrogen-bond acceptors (Lipinski definition) is 4. The van der Waals surface area contributed by atoms with Gasteiger partial charge in [-0.05, 0) is 23.5 Å². The zero-order valence-corrected chi connectivity index (χ0v) is 13.3. The van der Waals surface area contributed by atoms with Crippen molar-refractivity contribution in [3.63, 3.8) is 0 Å². The lowest BCUT2D eigenvalue weighted by Crippen LogP contribution is -2.36. The Balaban J connectivity index is 2.11. The molecule has 22 heavy (non-hydrogen) atoms. The number of nitrogens with one attached hydrogen (secondary N) is 2. The standard InChI is InChI=1S/C16H25N3O3/c1-16(2,12-20)10-15(22)19-9-8-18-14(21)6-5-13-4-3-7-17-11-13/h3-4,7,11,20H,5-6,8-10,12H2,1-2H3,(H,18,21)(H,19,22). The van der Waals surface area contributed by atoms with Gasteiger partial charge in [-0.3, -0.25) is 14.6 Å². The number of carbonyl (C=O) groups is 2. The Morgan fingerprint density at radius 2 is 1.91 bits per heavy atom. The highest BCUT2D eigenvalue weighted by atomic mass is 16.3. The first kappa shape index (κ1) is 18.1. The van der Waals surface area contributed by atoms with Crippen LogP contribution in [0.4, 0.5) is 0 Å². The van der Waals surface area contributed by atoms with Gasteiger partial charge in [-0.15, -0.1) is 0 Å². The minimum Gasteiger partial charge on any atom is -0.396 e. The van der Waals surface area contributed by atoms with Crippen LogP contribution in [-0.4, -0.2) is 41.6 Å². The number of pyridine rings is 1. The minimum atomic E-state index is -0.420. The molecule has 1 aromatic rings. The molecule has 1 aromatic heterocycles. The number of hydrogen-bond donors (Lipinski definition) is 3. The molecule has 0 fully saturated rings. The summed E-state index contributed by atoms with van der Waals surface area (Å²) in [5.41, 5.74) is 0.606. The normalized spacial score (nSPS) is 11.0. The topological polar surface area (TPSA) is 91.3 Å². The van der Waals surface area contributed by atoms with Crippen molar-refractivity contribution >= 4 is 11.8 Å². The second-order valence-corrected chi connectivity index (χ2v) is 6.06. The van der Waals surface area contributed by atoms with Gasteiger partial charge in [-0.2, -0.15) is 0 Å². The van der Waals surface area contributed by atoms with E-state index in [0.717, 1.165) is 5.56 Å². The van der Waals surface area contributed by atoms with Gasteiger partial charge in [0.25, 0.3) is 0 Å². The second kappa shape index (κ2) is 9.15. The van der Waals surface area contributed by atoms with Crippen LogP contribution in [-0.2, 0) is 16.0 Å². The van der Waals surface area contributed by atoms with Crippen molar-refractivity contribution in [2.45, 2.75) is 33.1 Å². The maximum atomic E-state index is 11.7. The molecule has 0 aromatic carbocycles. The van der Waals surface area contributed by atoms with Crippen LogP contribution in [0, 0.1) is 5.41 Å². The number of aryl methyl sites for hydroxylation is 1. The van der Waals surface area contributed by atoms with E-state index in [1.165, 1.54) is 0 Å². The Labute approximate surface area is 131 Å². The lowest BCUT2D eigenvalue weighted by atomic mass is 9.90. The van der Waals surface area contributed by atoms with Crippen LogP contribution >= 0.6 is 0 Å². The molecule has 2 amide bonds. The highest BCUT2D eigenvalue weighted by molar-refractivity contribution is 5.77. The van der Waals surface area contributed by atoms with Crippen molar-refractivity contribution in [3.8, 4) is 0 Å². The van der Waals surface area contributed by atoms with E-state index in [4.69, 9.17) is 5.11 Å². The van der Waals surface area contributed by atoms with Crippen molar-refractivity contribution in [1.29, 1.82) is 0 Å². The number of aliphatic hydroxyl groups is 1. The van der Waals surface area contributed by atoms with E-state index in [9.17, 15) is 9.59 Å². The molecule has 0 bridgehead atoms. The molecule has 0 saturated heterocycles. The summed E-state index contributed by atoms with van der Waals surface area (Å²) in [4.78, 5) is 27.3. The monoisotopic (exact) mass is 307 g/mol. The zero-order chi connectivity index (χ0) is 16.4. The van der Waals surface area contributed by atoms with E-state index < -0.39 is 5.41 Å². The number of aliphatic hydroxyl groups excluding tert-OH is 1. The van der Waals surface area contributed by atoms with Gasteiger partial charge in [0.1, 0.15) is 0 Å². The van der Waals surface area contributed by atoms with Crippen LogP contribution in [0.2, 0.25) is 0 Å². The maximum Gasteiger partial charge on any atom is 0.220 e. The van der Waals surface area contributed by atoms with Gasteiger partial charge in [-0.1, -0.05) is 19.9 Å². The lowest BCUT2D eigenvalue weighted by Gasteiger charge is -2.20. The van der Waals surface area contributed by atoms with E-state index in [1.807, 2.05) is 26.0 Å². The Bertz CT molecular complexity index is 475. The molecule has 3 N–H and O–H groups in total. The third kappa shape index (κ3) is 7.73. The molecule has 0 spiro atoms. The summed E-state index contributed by atoms with van der Waals surface area (Å²) in [6.07, 6.45) is 4.76. The van der Waals surface area contributed by atoms with Gasteiger partial charge in [0.05, 0.1) is 0 Å². The zero-order valence-electron chi connectivity index (χ0n) is 13.3. The second-order valence-electron chi connectivity index (χ2n) is 6.06. The van der Waals surface area contributed by atoms with E-state index in [1.54, 1.807) is 12.4 Å². The fourth-order valence-corrected chi connectivity index (χ4v) is 1.85. The Morgan fingerprint density at radius 1 is 1.23 bits per heavy atom. The van der Waals surface area contributed by atoms with Crippen molar-refractivity contribution in [1.82, 2.24) is 15.6 Å². The van der Waals surface area contributed by atoms with E-state index >= 15 is 0 Å². The van der Waals surface area contributed by atoms with Gasteiger partial charge in [0, 0.05) is 44.9 Å². The predicted molar refractivity (Wildman–Crippen MR) is 84.1 cm³/mol. The maximum absolute atomic E-state index is 11.7. The van der Waals surface area contributed by atoms with Crippen molar-refractivity contribution in [3.05, 3.63) is 30.1 Å². The first-order valence-electron chi connectivity index (χ1n) is 7.46. The van der Waals surface area contributed by atoms with Gasteiger partial charge in [-0.25, -0.2) is 0 Å². The molecular formula is C16H25N3O3. The van der Waals surface area contributed by atoms with Crippen LogP contribution in [0.1, 0.15) is 32.3 Å². The van der Waals surface area contributed by atoms with Gasteiger partial charge >= 0.3 is 0 Å². The third-order valence-corrected chi connectivity index (χ3v) is 3.20. The minimum absolute atomic E-state index is 0.0362. The van der Waals surface area contributed by atoms with Crippen LogP contribution < -0.4 is 10.6 Å². The summed E-state index contributed by atoms with van der Waals surface area (Å²) in [5.74, 6) is -0.169. The molecule has 122 valence electrons. The molecule has 6 nitrogen and oxygen atoms in total. The molecule has 0 aliphatic rings. The van der Waals surface area contributed by atoms with E-state index in [0.29, 0.717) is 25.9 Å². The molecule has 0 unspecified atom stereocenters. The summed E-state index contributed by atoms with van der Waals surface area (Å²) < 4.78 is 0. The fourth-order valence-electron chi connectivity index (χ4n) is 1.85. The third-order valence-electron chi connectivity index (χ3n) is 3.20. The smallest absolute Gasteiger partial charge is 0.220 e. The van der Waals surface area contributed by atoms with Gasteiger partial charge in [0.2, 0.25) is 11.8 Å². The number of aromatic nitrogens is 1. The molecule has 1 rings (SSSR count). The number of rotatable bonds is 9. The molecule has 0 radical (unpaired) electrons. The predicted octanol–water partition coefficient (Wildman–Crippen LogP) is 0.655. The first-order valence-corrected chi connectivity index (χ1v) is 7.46. The summed E-state index contributed by atoms with van der Waals surface area (Å²) in [6, 6.07) is 3.78. The van der Waals surface area contributed by atoms with Crippen LogP contribution in [0.3, 0.4) is 0 Å². The molecular weight excluding hydrogens is 282 g/mol. The highest BCUT2D eigenvalue weighted by Gasteiger charge is 2.20. The lowest BCUT2D eigenvalue weighted by molar-refractivity contribution is -0.124. The van der Waals surface area contributed by atoms with E-state index in [-0.39, 0.29) is 24.8 Å². The Kier molecular flexibility index (Phi) is 7.52. The molecule has 0 aliphatic carbocycles. The number of nitrogens with zero attached hydrogens (tertiary/aromatic N) is 1. The van der Waals surface area contributed by atoms with Gasteiger partial charge < -0.3 is 15.7 Å². The molecule has 6 heteroatoms. The van der Waals surface area contributed by atoms with Crippen LogP contribution in [0.5, 0.6) is 0 Å². The summed E-state index contributed by atoms with van der Waals surface area (Å²) in [7, 11) is 0. The largest absolute Gasteiger partial charge is 0.396 e. The summed E-state index contributed by atoms with van der Waals surface area (Å²) in [6.45, 7) is 4.40. The van der Waals surface area contributed by atoms with Crippen molar-refractivity contribution in [2.75, 3.05) is 19.7 Å². The molecule has 0 saturated carbocycles. The summed E-state index contributed by atoms with van der Waals surface area (Å²) >= 11 is 0. The van der Waals surface area contributed by atoms with Gasteiger partial charge in [0.15, 0.2) is 0 Å².